The zero-order chi connectivity index (χ0) is 12.4. The monoisotopic (exact) mass is 248 g/mol. The van der Waals surface area contributed by atoms with Crippen molar-refractivity contribution in [3.05, 3.63) is 24.0 Å². The van der Waals surface area contributed by atoms with Crippen LogP contribution in [0.3, 0.4) is 0 Å². The van der Waals surface area contributed by atoms with Gasteiger partial charge >= 0.3 is 13.6 Å². The summed E-state index contributed by atoms with van der Waals surface area (Å²) in [6.07, 6.45) is 4.05. The van der Waals surface area contributed by atoms with Gasteiger partial charge in [0.1, 0.15) is 0 Å². The van der Waals surface area contributed by atoms with Crippen LogP contribution in [0.15, 0.2) is 24.0 Å². The SMILES string of the molecule is CCOP(=O)(/C=C\C=C\C(=O)OC)OCC. The number of esters is 1. The van der Waals surface area contributed by atoms with Crippen LogP contribution in [0.2, 0.25) is 0 Å². The van der Waals surface area contributed by atoms with Gasteiger partial charge in [-0.1, -0.05) is 12.2 Å². The highest BCUT2D eigenvalue weighted by Crippen LogP contribution is 2.49. The maximum Gasteiger partial charge on any atom is 0.354 e. The Morgan fingerprint density at radius 3 is 2.19 bits per heavy atom. The van der Waals surface area contributed by atoms with Gasteiger partial charge < -0.3 is 13.8 Å². The van der Waals surface area contributed by atoms with E-state index in [4.69, 9.17) is 9.05 Å². The second-order valence-corrected chi connectivity index (χ2v) is 4.49. The number of methoxy groups -OCH3 is 1. The topological polar surface area (TPSA) is 61.8 Å². The molecule has 16 heavy (non-hydrogen) atoms. The summed E-state index contributed by atoms with van der Waals surface area (Å²) < 4.78 is 26.2. The lowest BCUT2D eigenvalue weighted by molar-refractivity contribution is -0.134. The van der Waals surface area contributed by atoms with Crippen LogP contribution in [-0.4, -0.2) is 26.3 Å². The largest absolute Gasteiger partial charge is 0.466 e. The summed E-state index contributed by atoms with van der Waals surface area (Å²) in [6, 6.07) is 0. The van der Waals surface area contributed by atoms with Crippen molar-refractivity contribution in [1.29, 1.82) is 0 Å². The number of carbonyl (C=O) groups excluding carboxylic acids is 1. The van der Waals surface area contributed by atoms with Gasteiger partial charge in [-0.25, -0.2) is 4.79 Å². The highest BCUT2D eigenvalue weighted by molar-refractivity contribution is 7.57. The van der Waals surface area contributed by atoms with Crippen molar-refractivity contribution in [2.75, 3.05) is 20.3 Å². The van der Waals surface area contributed by atoms with Gasteiger partial charge in [0.15, 0.2) is 0 Å². The standard InChI is InChI=1S/C10H17O5P/c1-4-14-16(12,15-5-2)9-7-6-8-10(11)13-3/h6-9H,4-5H2,1-3H3/b8-6+,9-7-. The van der Waals surface area contributed by atoms with Crippen LogP contribution in [0.4, 0.5) is 0 Å². The van der Waals surface area contributed by atoms with E-state index in [-0.39, 0.29) is 0 Å². The van der Waals surface area contributed by atoms with Crippen molar-refractivity contribution in [3.63, 3.8) is 0 Å². The molecule has 0 fully saturated rings. The molecular weight excluding hydrogens is 231 g/mol. The maximum atomic E-state index is 11.8. The van der Waals surface area contributed by atoms with E-state index in [9.17, 15) is 9.36 Å². The Hall–Kier alpha value is -0.900. The lowest BCUT2D eigenvalue weighted by Crippen LogP contribution is -1.93. The molecule has 0 aliphatic carbocycles. The molecule has 0 unspecified atom stereocenters. The number of rotatable bonds is 7. The first-order valence-corrected chi connectivity index (χ1v) is 6.51. The van der Waals surface area contributed by atoms with Crippen LogP contribution < -0.4 is 0 Å². The van der Waals surface area contributed by atoms with Crippen molar-refractivity contribution >= 4 is 13.6 Å². The summed E-state index contributed by atoms with van der Waals surface area (Å²) in [6.45, 7) is 4.04. The maximum absolute atomic E-state index is 11.8. The average molecular weight is 248 g/mol. The molecule has 0 bridgehead atoms. The van der Waals surface area contributed by atoms with Gasteiger partial charge in [0.25, 0.3) is 0 Å². The molecule has 0 rings (SSSR count). The Bertz CT molecular complexity index is 298. The molecule has 0 aromatic heterocycles. The van der Waals surface area contributed by atoms with Crippen LogP contribution in [0.1, 0.15) is 13.8 Å². The van der Waals surface area contributed by atoms with E-state index in [1.54, 1.807) is 13.8 Å². The molecule has 0 aliphatic heterocycles. The Morgan fingerprint density at radius 2 is 1.75 bits per heavy atom. The second kappa shape index (κ2) is 8.28. The smallest absolute Gasteiger partial charge is 0.354 e. The lowest BCUT2D eigenvalue weighted by Gasteiger charge is -2.11. The van der Waals surface area contributed by atoms with Crippen molar-refractivity contribution in [3.8, 4) is 0 Å². The molecule has 0 saturated carbocycles. The van der Waals surface area contributed by atoms with Crippen molar-refractivity contribution in [2.24, 2.45) is 0 Å². The first kappa shape index (κ1) is 15.1. The Balaban J connectivity index is 4.40. The molecule has 5 nitrogen and oxygen atoms in total. The highest BCUT2D eigenvalue weighted by Gasteiger charge is 2.17. The number of hydrogen-bond donors (Lipinski definition) is 0. The van der Waals surface area contributed by atoms with Gasteiger partial charge in [-0.2, -0.15) is 0 Å². The summed E-state index contributed by atoms with van der Waals surface area (Å²) >= 11 is 0. The molecule has 0 aromatic rings. The Morgan fingerprint density at radius 1 is 1.19 bits per heavy atom. The summed E-state index contributed by atoms with van der Waals surface area (Å²) in [7, 11) is -1.89. The molecule has 0 saturated heterocycles. The number of ether oxygens (including phenoxy) is 1. The summed E-state index contributed by atoms with van der Waals surface area (Å²) in [5.74, 6) is 0.826. The molecule has 92 valence electrons. The minimum Gasteiger partial charge on any atom is -0.466 e. The van der Waals surface area contributed by atoms with Gasteiger partial charge in [0, 0.05) is 11.9 Å². The van der Waals surface area contributed by atoms with E-state index in [0.717, 1.165) is 0 Å². The fourth-order valence-electron chi connectivity index (χ4n) is 0.840. The quantitative estimate of drug-likeness (QED) is 0.300. The van der Waals surface area contributed by atoms with Gasteiger partial charge in [-0.3, -0.25) is 4.57 Å². The molecule has 0 amide bonds. The number of allylic oxidation sites excluding steroid dienone is 2. The first-order chi connectivity index (χ1) is 7.58. The van der Waals surface area contributed by atoms with E-state index in [1.165, 1.54) is 31.2 Å². The molecule has 0 heterocycles. The Kier molecular flexibility index (Phi) is 7.81. The summed E-state index contributed by atoms with van der Waals surface area (Å²) in [4.78, 5) is 10.7. The van der Waals surface area contributed by atoms with Crippen molar-refractivity contribution in [1.82, 2.24) is 0 Å². The number of carbonyl (C=O) groups is 1. The summed E-state index contributed by atoms with van der Waals surface area (Å²) in [5, 5.41) is 0. The van der Waals surface area contributed by atoms with Gasteiger partial charge in [0.05, 0.1) is 20.3 Å². The molecule has 0 spiro atoms. The minimum atomic E-state index is -3.17. The average Bonchev–Trinajstić information content (AvgIpc) is 2.25. The van der Waals surface area contributed by atoms with Crippen molar-refractivity contribution in [2.45, 2.75) is 13.8 Å². The third-order valence-electron chi connectivity index (χ3n) is 1.43. The predicted molar refractivity (Wildman–Crippen MR) is 61.2 cm³/mol. The van der Waals surface area contributed by atoms with Crippen LogP contribution in [-0.2, 0) is 23.1 Å². The normalized spacial score (nSPS) is 12.4. The Labute approximate surface area is 95.6 Å². The molecular formula is C10H17O5P. The van der Waals surface area contributed by atoms with Crippen LogP contribution in [0.25, 0.3) is 0 Å². The molecule has 6 heteroatoms. The third-order valence-corrected chi connectivity index (χ3v) is 3.20. The van der Waals surface area contributed by atoms with Crippen LogP contribution in [0.5, 0.6) is 0 Å². The van der Waals surface area contributed by atoms with Gasteiger partial charge in [-0.15, -0.1) is 0 Å². The molecule has 0 aromatic carbocycles. The van der Waals surface area contributed by atoms with Crippen LogP contribution in [0, 0.1) is 0 Å². The number of hydrogen-bond acceptors (Lipinski definition) is 5. The van der Waals surface area contributed by atoms with Gasteiger partial charge in [0.2, 0.25) is 0 Å². The predicted octanol–water partition coefficient (Wildman–Crippen LogP) is 2.50. The van der Waals surface area contributed by atoms with Gasteiger partial charge in [-0.05, 0) is 13.8 Å². The van der Waals surface area contributed by atoms with E-state index in [0.29, 0.717) is 13.2 Å². The molecule has 0 atom stereocenters. The second-order valence-electron chi connectivity index (χ2n) is 2.60. The van der Waals surface area contributed by atoms with Crippen molar-refractivity contribution < 1.29 is 23.1 Å². The zero-order valence-electron chi connectivity index (χ0n) is 9.71. The third kappa shape index (κ3) is 6.56. The van der Waals surface area contributed by atoms with E-state index >= 15 is 0 Å². The summed E-state index contributed by atoms with van der Waals surface area (Å²) in [5.41, 5.74) is 0. The fourth-order valence-corrected chi connectivity index (χ4v) is 2.12. The molecule has 0 aliphatic rings. The van der Waals surface area contributed by atoms with E-state index in [2.05, 4.69) is 4.74 Å². The first-order valence-electron chi connectivity index (χ1n) is 4.90. The lowest BCUT2D eigenvalue weighted by atomic mass is 10.5. The minimum absolute atomic E-state index is 0.294. The fraction of sp³-hybridized carbons (Fsp3) is 0.500. The molecule has 0 radical (unpaired) electrons. The highest BCUT2D eigenvalue weighted by atomic mass is 31.2. The van der Waals surface area contributed by atoms with Crippen LogP contribution >= 0.6 is 7.60 Å². The molecule has 0 N–H and O–H groups in total. The van der Waals surface area contributed by atoms with E-state index in [1.807, 2.05) is 0 Å². The van der Waals surface area contributed by atoms with E-state index < -0.39 is 13.6 Å². The zero-order valence-corrected chi connectivity index (χ0v) is 10.6.